The van der Waals surface area contributed by atoms with Gasteiger partial charge in [0.2, 0.25) is 11.8 Å². The highest BCUT2D eigenvalue weighted by Crippen LogP contribution is 2.11. The summed E-state index contributed by atoms with van der Waals surface area (Å²) in [5, 5.41) is 9.11. The van der Waals surface area contributed by atoms with Gasteiger partial charge < -0.3 is 30.5 Å². The van der Waals surface area contributed by atoms with Crippen molar-refractivity contribution in [1.29, 1.82) is 0 Å². The molecule has 1 aliphatic heterocycles. The minimum absolute atomic E-state index is 0. The Hall–Kier alpha value is -1.79. The number of likely N-dealkylation sites (N-methyl/N-ethyl adjacent to an activating group) is 1. The number of piperidine rings is 1. The molecule has 1 saturated heterocycles. The van der Waals surface area contributed by atoms with Crippen molar-refractivity contribution in [2.24, 2.45) is 4.99 Å². The lowest BCUT2D eigenvalue weighted by Gasteiger charge is -2.32. The molecule has 30 heavy (non-hydrogen) atoms. The number of amides is 3. The minimum atomic E-state index is -0.339. The molecule has 0 bridgehead atoms. The van der Waals surface area contributed by atoms with Crippen LogP contribution in [0.3, 0.4) is 0 Å². The fourth-order valence-corrected chi connectivity index (χ4v) is 2.69. The molecule has 0 spiro atoms. The Morgan fingerprint density at radius 1 is 1.17 bits per heavy atom. The molecule has 1 heterocycles. The minimum Gasteiger partial charge on any atom is -0.450 e. The molecule has 1 aliphatic rings. The summed E-state index contributed by atoms with van der Waals surface area (Å²) in [5.41, 5.74) is -0.339. The lowest BCUT2D eigenvalue weighted by Crippen LogP contribution is -2.51. The third-order valence-corrected chi connectivity index (χ3v) is 4.16. The van der Waals surface area contributed by atoms with Crippen LogP contribution in [0, 0.1) is 0 Å². The van der Waals surface area contributed by atoms with Gasteiger partial charge in [-0.2, -0.15) is 0 Å². The van der Waals surface area contributed by atoms with E-state index in [-0.39, 0.29) is 66.6 Å². The van der Waals surface area contributed by atoms with Crippen LogP contribution in [-0.2, 0) is 14.3 Å². The lowest BCUT2D eigenvalue weighted by atomic mass is 10.1. The largest absolute Gasteiger partial charge is 0.450 e. The predicted octanol–water partition coefficient (Wildman–Crippen LogP) is 0.763. The van der Waals surface area contributed by atoms with E-state index in [0.717, 1.165) is 12.8 Å². The summed E-state index contributed by atoms with van der Waals surface area (Å²) in [6, 6.07) is 0.0760. The maximum Gasteiger partial charge on any atom is 0.409 e. The fraction of sp³-hybridized carbons (Fsp3) is 0.789. The van der Waals surface area contributed by atoms with Crippen molar-refractivity contribution in [2.45, 2.75) is 52.1 Å². The number of carbonyl (C=O) groups excluding carboxylic acids is 3. The molecule has 0 atom stereocenters. The maximum absolute atomic E-state index is 12.1. The number of carbonyl (C=O) groups is 3. The zero-order chi connectivity index (χ0) is 22.0. The van der Waals surface area contributed by atoms with Crippen LogP contribution in [0.25, 0.3) is 0 Å². The molecule has 11 heteroatoms. The van der Waals surface area contributed by atoms with E-state index in [0.29, 0.717) is 25.7 Å². The van der Waals surface area contributed by atoms with Crippen LogP contribution in [0.15, 0.2) is 4.99 Å². The van der Waals surface area contributed by atoms with Gasteiger partial charge in [0.15, 0.2) is 5.96 Å². The van der Waals surface area contributed by atoms with Crippen molar-refractivity contribution in [3.63, 3.8) is 0 Å². The number of hydrogen-bond acceptors (Lipinski definition) is 5. The summed E-state index contributed by atoms with van der Waals surface area (Å²) < 4.78 is 5.03. The van der Waals surface area contributed by atoms with Gasteiger partial charge in [-0.25, -0.2) is 9.79 Å². The van der Waals surface area contributed by atoms with Crippen LogP contribution in [0.1, 0.15) is 40.5 Å². The van der Waals surface area contributed by atoms with Gasteiger partial charge in [-0.1, -0.05) is 0 Å². The Balaban J connectivity index is 0.00000841. The summed E-state index contributed by atoms with van der Waals surface area (Å²) in [4.78, 5) is 43.3. The van der Waals surface area contributed by atoms with Crippen molar-refractivity contribution in [1.82, 2.24) is 25.8 Å². The molecule has 174 valence electrons. The third kappa shape index (κ3) is 11.4. The molecule has 1 fully saturated rings. The smallest absolute Gasteiger partial charge is 0.409 e. The number of nitrogens with one attached hydrogen (secondary N) is 3. The topological polar surface area (TPSA) is 115 Å². The monoisotopic (exact) mass is 540 g/mol. The number of aliphatic imine (C=N–C) groups is 1. The van der Waals surface area contributed by atoms with E-state index >= 15 is 0 Å². The number of guanidine groups is 1. The van der Waals surface area contributed by atoms with E-state index in [1.165, 1.54) is 4.90 Å². The van der Waals surface area contributed by atoms with Gasteiger partial charge in [-0.3, -0.25) is 9.59 Å². The number of likely N-dealkylation sites (tertiary alicyclic amines) is 1. The number of ether oxygens (including phenoxy) is 1. The Morgan fingerprint density at radius 2 is 1.77 bits per heavy atom. The van der Waals surface area contributed by atoms with Crippen molar-refractivity contribution in [3.8, 4) is 0 Å². The molecule has 1 rings (SSSR count). The Morgan fingerprint density at radius 3 is 2.27 bits per heavy atom. The molecule has 3 amide bonds. The molecular weight excluding hydrogens is 503 g/mol. The maximum atomic E-state index is 12.1. The molecule has 0 aromatic carbocycles. The van der Waals surface area contributed by atoms with Gasteiger partial charge in [0.25, 0.3) is 0 Å². The van der Waals surface area contributed by atoms with Gasteiger partial charge in [0, 0.05) is 38.8 Å². The molecular formula is C19H37IN6O4. The second-order valence-corrected chi connectivity index (χ2v) is 8.21. The number of halogens is 1. The fourth-order valence-electron chi connectivity index (χ4n) is 2.69. The van der Waals surface area contributed by atoms with Crippen molar-refractivity contribution < 1.29 is 19.1 Å². The van der Waals surface area contributed by atoms with Crippen LogP contribution < -0.4 is 16.0 Å². The first-order valence-electron chi connectivity index (χ1n) is 9.99. The number of hydrogen-bond donors (Lipinski definition) is 3. The molecule has 0 aliphatic carbocycles. The average molecular weight is 540 g/mol. The van der Waals surface area contributed by atoms with E-state index in [2.05, 4.69) is 20.9 Å². The van der Waals surface area contributed by atoms with E-state index < -0.39 is 0 Å². The number of rotatable bonds is 6. The summed E-state index contributed by atoms with van der Waals surface area (Å²) in [7, 11) is 3.35. The average Bonchev–Trinajstić information content (AvgIpc) is 2.62. The number of nitrogens with zero attached hydrogens (tertiary/aromatic N) is 3. The van der Waals surface area contributed by atoms with Crippen molar-refractivity contribution >= 4 is 47.8 Å². The Labute approximate surface area is 196 Å². The van der Waals surface area contributed by atoms with E-state index in [4.69, 9.17) is 4.74 Å². The Kier molecular flexibility index (Phi) is 12.7. The normalized spacial score (nSPS) is 15.0. The zero-order valence-corrected chi connectivity index (χ0v) is 21.2. The quantitative estimate of drug-likeness (QED) is 0.261. The van der Waals surface area contributed by atoms with Crippen LogP contribution in [-0.4, -0.2) is 92.1 Å². The summed E-state index contributed by atoms with van der Waals surface area (Å²) in [5.74, 6) is 0.101. The van der Waals surface area contributed by atoms with E-state index in [9.17, 15) is 14.4 Å². The van der Waals surface area contributed by atoms with Gasteiger partial charge in [0.1, 0.15) is 6.54 Å². The van der Waals surface area contributed by atoms with Crippen LogP contribution >= 0.6 is 24.0 Å². The van der Waals surface area contributed by atoms with Gasteiger partial charge in [-0.15, -0.1) is 24.0 Å². The summed E-state index contributed by atoms with van der Waals surface area (Å²) in [6.45, 7) is 9.01. The SMILES string of the molecule is CCOC(=O)N1CCC(NC(=NCC(=O)NC(C)(C)C)NCC(=O)N(C)C)CC1.I. The molecule has 3 N–H and O–H groups in total. The highest BCUT2D eigenvalue weighted by atomic mass is 127. The first kappa shape index (κ1) is 28.2. The van der Waals surface area contributed by atoms with Gasteiger partial charge in [0.05, 0.1) is 13.2 Å². The molecule has 0 saturated carbocycles. The standard InChI is InChI=1S/C19H36N6O4.HI/c1-7-29-18(28)25-10-8-14(9-11-25)22-17(21-13-16(27)24(5)6)20-12-15(26)23-19(2,3)4;/h14H,7-13H2,1-6H3,(H,23,26)(H2,20,21,22);1H. The molecule has 0 aromatic rings. The molecule has 0 aromatic heterocycles. The van der Waals surface area contributed by atoms with Crippen molar-refractivity contribution in [2.75, 3.05) is 46.9 Å². The van der Waals surface area contributed by atoms with Crippen molar-refractivity contribution in [3.05, 3.63) is 0 Å². The van der Waals surface area contributed by atoms with Crippen LogP contribution in [0.4, 0.5) is 4.79 Å². The zero-order valence-electron chi connectivity index (χ0n) is 18.9. The van der Waals surface area contributed by atoms with Gasteiger partial charge >= 0.3 is 6.09 Å². The second kappa shape index (κ2) is 13.5. The van der Waals surface area contributed by atoms with Crippen LogP contribution in [0.2, 0.25) is 0 Å². The lowest BCUT2D eigenvalue weighted by molar-refractivity contribution is -0.127. The van der Waals surface area contributed by atoms with Gasteiger partial charge in [-0.05, 0) is 40.5 Å². The molecule has 0 unspecified atom stereocenters. The molecule has 10 nitrogen and oxygen atoms in total. The third-order valence-electron chi connectivity index (χ3n) is 4.16. The Bertz CT molecular complexity index is 598. The first-order valence-corrected chi connectivity index (χ1v) is 9.99. The predicted molar refractivity (Wildman–Crippen MR) is 127 cm³/mol. The molecule has 0 radical (unpaired) electrons. The summed E-state index contributed by atoms with van der Waals surface area (Å²) >= 11 is 0. The first-order chi connectivity index (χ1) is 13.5. The van der Waals surface area contributed by atoms with E-state index in [1.54, 1.807) is 25.9 Å². The summed E-state index contributed by atoms with van der Waals surface area (Å²) in [6.07, 6.45) is 1.14. The highest BCUT2D eigenvalue weighted by molar-refractivity contribution is 14.0. The van der Waals surface area contributed by atoms with E-state index in [1.807, 2.05) is 20.8 Å². The highest BCUT2D eigenvalue weighted by Gasteiger charge is 2.24. The second-order valence-electron chi connectivity index (χ2n) is 8.21. The van der Waals surface area contributed by atoms with Crippen LogP contribution in [0.5, 0.6) is 0 Å².